The number of nitrogens with one attached hydrogen (secondary N) is 1. The molecule has 0 radical (unpaired) electrons. The number of anilines is 1. The van der Waals surface area contributed by atoms with Crippen molar-refractivity contribution < 1.29 is 14.6 Å². The summed E-state index contributed by atoms with van der Waals surface area (Å²) in [5.74, 6) is 0.996. The van der Waals surface area contributed by atoms with E-state index in [2.05, 4.69) is 5.32 Å². The molecule has 1 amide bonds. The Kier molecular flexibility index (Phi) is 2.48. The third-order valence-corrected chi connectivity index (χ3v) is 4.46. The van der Waals surface area contributed by atoms with Crippen molar-refractivity contribution in [3.8, 4) is 5.75 Å². The highest BCUT2D eigenvalue weighted by molar-refractivity contribution is 5.99. The fourth-order valence-electron chi connectivity index (χ4n) is 3.15. The Bertz CT molecular complexity index is 562. The first kappa shape index (κ1) is 12.0. The number of fused-ring (bicyclic) bond motifs is 1. The second-order valence-corrected chi connectivity index (χ2v) is 6.00. The molecule has 1 aromatic carbocycles. The van der Waals surface area contributed by atoms with Crippen LogP contribution in [0.2, 0.25) is 0 Å². The highest BCUT2D eigenvalue weighted by atomic mass is 16.5. The van der Waals surface area contributed by atoms with E-state index in [-0.39, 0.29) is 5.91 Å². The van der Waals surface area contributed by atoms with Gasteiger partial charge in [-0.1, -0.05) is 6.07 Å². The molecule has 1 saturated heterocycles. The molecular formula is C15H18N2O3. The zero-order valence-electron chi connectivity index (χ0n) is 11.3. The topological polar surface area (TPSA) is 61.8 Å². The summed E-state index contributed by atoms with van der Waals surface area (Å²) in [6, 6.07) is 5.57. The van der Waals surface area contributed by atoms with Gasteiger partial charge in [0.15, 0.2) is 5.75 Å². The van der Waals surface area contributed by atoms with E-state index in [0.29, 0.717) is 36.9 Å². The van der Waals surface area contributed by atoms with Gasteiger partial charge in [0.05, 0.1) is 24.3 Å². The normalized spacial score (nSPS) is 23.1. The van der Waals surface area contributed by atoms with Gasteiger partial charge in [0.1, 0.15) is 12.2 Å². The third-order valence-electron chi connectivity index (χ3n) is 4.46. The largest absolute Gasteiger partial charge is 0.489 e. The van der Waals surface area contributed by atoms with Crippen molar-refractivity contribution >= 4 is 11.6 Å². The number of ether oxygens (including phenoxy) is 1. The molecule has 3 aliphatic rings. The molecule has 1 aliphatic carbocycles. The van der Waals surface area contributed by atoms with Crippen LogP contribution < -0.4 is 10.1 Å². The van der Waals surface area contributed by atoms with Crippen LogP contribution in [0.4, 0.5) is 5.69 Å². The predicted molar refractivity (Wildman–Crippen MR) is 74.0 cm³/mol. The highest BCUT2D eigenvalue weighted by Gasteiger charge is 2.53. The lowest BCUT2D eigenvalue weighted by Crippen LogP contribution is -2.64. The minimum absolute atomic E-state index is 0.0455. The van der Waals surface area contributed by atoms with E-state index in [1.54, 1.807) is 11.0 Å². The lowest BCUT2D eigenvalue weighted by atomic mass is 9.88. The maximum absolute atomic E-state index is 12.5. The number of carbonyl (C=O) groups excluding carboxylic acids is 1. The summed E-state index contributed by atoms with van der Waals surface area (Å²) in [5, 5.41) is 13.5. The van der Waals surface area contributed by atoms with Gasteiger partial charge >= 0.3 is 0 Å². The van der Waals surface area contributed by atoms with Gasteiger partial charge in [-0.05, 0) is 30.9 Å². The van der Waals surface area contributed by atoms with E-state index < -0.39 is 5.60 Å². The van der Waals surface area contributed by atoms with E-state index in [1.807, 2.05) is 12.1 Å². The van der Waals surface area contributed by atoms with Gasteiger partial charge < -0.3 is 20.1 Å². The first-order valence-corrected chi connectivity index (χ1v) is 7.19. The molecule has 2 heterocycles. The number of aliphatic hydroxyl groups is 1. The monoisotopic (exact) mass is 274 g/mol. The number of carbonyl (C=O) groups is 1. The Balaban J connectivity index is 1.55. The second kappa shape index (κ2) is 4.12. The van der Waals surface area contributed by atoms with E-state index in [4.69, 9.17) is 4.74 Å². The minimum Gasteiger partial charge on any atom is -0.489 e. The number of rotatable bonds is 2. The fraction of sp³-hybridized carbons (Fsp3) is 0.533. The van der Waals surface area contributed by atoms with Gasteiger partial charge in [-0.25, -0.2) is 0 Å². The highest BCUT2D eigenvalue weighted by Crippen LogP contribution is 2.45. The van der Waals surface area contributed by atoms with Crippen molar-refractivity contribution in [3.05, 3.63) is 23.8 Å². The lowest BCUT2D eigenvalue weighted by molar-refractivity contribution is -0.0958. The maximum Gasteiger partial charge on any atom is 0.257 e. The Morgan fingerprint density at radius 1 is 1.40 bits per heavy atom. The van der Waals surface area contributed by atoms with Gasteiger partial charge in [-0.3, -0.25) is 4.79 Å². The summed E-state index contributed by atoms with van der Waals surface area (Å²) < 4.78 is 5.63. The molecule has 1 aromatic rings. The summed E-state index contributed by atoms with van der Waals surface area (Å²) in [6.45, 7) is 2.24. The van der Waals surface area contributed by atoms with E-state index in [9.17, 15) is 9.90 Å². The van der Waals surface area contributed by atoms with Crippen molar-refractivity contribution in [3.63, 3.8) is 0 Å². The molecule has 2 aliphatic heterocycles. The summed E-state index contributed by atoms with van der Waals surface area (Å²) in [7, 11) is 0. The van der Waals surface area contributed by atoms with Crippen LogP contribution in [0.15, 0.2) is 18.2 Å². The van der Waals surface area contributed by atoms with Crippen molar-refractivity contribution in [1.29, 1.82) is 0 Å². The van der Waals surface area contributed by atoms with Crippen LogP contribution in [0.5, 0.6) is 5.75 Å². The quantitative estimate of drug-likeness (QED) is 0.847. The molecule has 1 saturated carbocycles. The van der Waals surface area contributed by atoms with E-state index in [0.717, 1.165) is 25.1 Å². The predicted octanol–water partition coefficient (Wildman–Crippen LogP) is 1.09. The average molecular weight is 274 g/mol. The van der Waals surface area contributed by atoms with Crippen LogP contribution in [-0.2, 0) is 0 Å². The molecule has 106 valence electrons. The standard InChI is InChI=1S/C15H18N2O3/c18-14(17-8-15(19,9-17)10-4-5-10)11-2-1-3-12-13(11)20-7-6-16-12/h1-3,10,16,19H,4-9H2. The van der Waals surface area contributed by atoms with Crippen LogP contribution in [0.3, 0.4) is 0 Å². The van der Waals surface area contributed by atoms with Crippen LogP contribution in [0.1, 0.15) is 23.2 Å². The molecule has 5 nitrogen and oxygen atoms in total. The fourth-order valence-corrected chi connectivity index (χ4v) is 3.15. The second-order valence-electron chi connectivity index (χ2n) is 6.00. The average Bonchev–Trinajstić information content (AvgIpc) is 3.27. The molecule has 0 aromatic heterocycles. The van der Waals surface area contributed by atoms with Gasteiger partial charge in [-0.2, -0.15) is 0 Å². The zero-order valence-corrected chi connectivity index (χ0v) is 11.3. The molecule has 4 rings (SSSR count). The molecule has 0 unspecified atom stereocenters. The van der Waals surface area contributed by atoms with E-state index in [1.165, 1.54) is 0 Å². The Morgan fingerprint density at radius 3 is 2.95 bits per heavy atom. The van der Waals surface area contributed by atoms with Crippen molar-refractivity contribution in [2.75, 3.05) is 31.6 Å². The smallest absolute Gasteiger partial charge is 0.257 e. The molecule has 0 spiro atoms. The van der Waals surface area contributed by atoms with Gasteiger partial charge in [0.2, 0.25) is 0 Å². The SMILES string of the molecule is O=C(c1cccc2c1OCCN2)N1CC(O)(C2CC2)C1. The van der Waals surface area contributed by atoms with Crippen molar-refractivity contribution in [2.24, 2.45) is 5.92 Å². The number of hydrogen-bond donors (Lipinski definition) is 2. The first-order chi connectivity index (χ1) is 9.67. The number of likely N-dealkylation sites (tertiary alicyclic amines) is 1. The lowest BCUT2D eigenvalue weighted by Gasteiger charge is -2.47. The molecule has 20 heavy (non-hydrogen) atoms. The number of nitrogens with zero attached hydrogens (tertiary/aromatic N) is 1. The summed E-state index contributed by atoms with van der Waals surface area (Å²) in [5.41, 5.74) is 0.830. The first-order valence-electron chi connectivity index (χ1n) is 7.19. The van der Waals surface area contributed by atoms with Crippen molar-refractivity contribution in [1.82, 2.24) is 4.90 Å². The summed E-state index contributed by atoms with van der Waals surface area (Å²) >= 11 is 0. The Hall–Kier alpha value is -1.75. The molecule has 0 bridgehead atoms. The number of amides is 1. The van der Waals surface area contributed by atoms with Crippen LogP contribution in [0.25, 0.3) is 0 Å². The van der Waals surface area contributed by atoms with E-state index >= 15 is 0 Å². The Morgan fingerprint density at radius 2 is 2.20 bits per heavy atom. The minimum atomic E-state index is -0.635. The van der Waals surface area contributed by atoms with Gasteiger partial charge in [0.25, 0.3) is 5.91 Å². The number of para-hydroxylation sites is 1. The molecule has 2 N–H and O–H groups in total. The third kappa shape index (κ3) is 1.77. The summed E-state index contributed by atoms with van der Waals surface area (Å²) in [4.78, 5) is 14.3. The van der Waals surface area contributed by atoms with Crippen molar-refractivity contribution in [2.45, 2.75) is 18.4 Å². The molecule has 0 atom stereocenters. The number of β-amino-alcohol motifs (C(OH)–C–C–N with tert-alkyl or cyclic N) is 1. The summed E-state index contributed by atoms with van der Waals surface area (Å²) in [6.07, 6.45) is 2.18. The maximum atomic E-state index is 12.5. The van der Waals surface area contributed by atoms with Crippen LogP contribution in [-0.4, -0.2) is 47.8 Å². The van der Waals surface area contributed by atoms with Crippen LogP contribution in [0, 0.1) is 5.92 Å². The zero-order chi connectivity index (χ0) is 13.7. The Labute approximate surface area is 117 Å². The molecule has 5 heteroatoms. The van der Waals surface area contributed by atoms with Gasteiger partial charge in [0, 0.05) is 6.54 Å². The molecular weight excluding hydrogens is 256 g/mol. The molecule has 2 fully saturated rings. The van der Waals surface area contributed by atoms with Crippen LogP contribution >= 0.6 is 0 Å². The van der Waals surface area contributed by atoms with Gasteiger partial charge in [-0.15, -0.1) is 0 Å². The number of hydrogen-bond acceptors (Lipinski definition) is 4. The number of benzene rings is 1.